The maximum Gasteiger partial charge on any atom is 0.176 e. The highest BCUT2D eigenvalue weighted by atomic mass is 35.5. The fourth-order valence-electron chi connectivity index (χ4n) is 4.32. The van der Waals surface area contributed by atoms with Crippen LogP contribution in [0.3, 0.4) is 0 Å². The molecular weight excluding hydrogens is 375 g/mol. The van der Waals surface area contributed by atoms with Crippen LogP contribution in [0.1, 0.15) is 53.6 Å². The number of aryl methyl sites for hydroxylation is 1. The van der Waals surface area contributed by atoms with Crippen molar-refractivity contribution in [3.63, 3.8) is 0 Å². The highest BCUT2D eigenvalue weighted by Gasteiger charge is 2.43. The Balaban J connectivity index is 1.59. The minimum atomic E-state index is -0.294. The summed E-state index contributed by atoms with van der Waals surface area (Å²) in [5, 5.41) is 0.702. The van der Waals surface area contributed by atoms with E-state index in [1.54, 1.807) is 19.1 Å². The third kappa shape index (κ3) is 3.76. The van der Waals surface area contributed by atoms with E-state index >= 15 is 0 Å². The number of aliphatic imine (C=N–C) groups is 1. The van der Waals surface area contributed by atoms with Gasteiger partial charge in [0.25, 0.3) is 0 Å². The van der Waals surface area contributed by atoms with Crippen molar-refractivity contribution in [1.82, 2.24) is 4.90 Å². The number of hydrogen-bond acceptors (Lipinski definition) is 3. The van der Waals surface area contributed by atoms with Crippen LogP contribution in [0.25, 0.3) is 0 Å². The van der Waals surface area contributed by atoms with Crippen LogP contribution in [0.5, 0.6) is 0 Å². The quantitative estimate of drug-likeness (QED) is 0.643. The molecule has 0 N–H and O–H groups in total. The van der Waals surface area contributed by atoms with Crippen molar-refractivity contribution in [2.24, 2.45) is 4.99 Å². The van der Waals surface area contributed by atoms with Gasteiger partial charge in [0.2, 0.25) is 0 Å². The Hall–Kier alpha value is -2.04. The van der Waals surface area contributed by atoms with Crippen LogP contribution in [-0.4, -0.2) is 35.1 Å². The molecule has 1 heterocycles. The normalized spacial score (nSPS) is 19.0. The second-order valence-electron chi connectivity index (χ2n) is 7.85. The molecule has 0 atom stereocenters. The van der Waals surface area contributed by atoms with Crippen molar-refractivity contribution in [2.75, 3.05) is 13.1 Å². The number of Topliss-reactive ketones (excluding diaryl/α,β-unsaturated/α-hetero) is 1. The first kappa shape index (κ1) is 19.3. The van der Waals surface area contributed by atoms with E-state index in [2.05, 4.69) is 4.90 Å². The highest BCUT2D eigenvalue weighted by molar-refractivity contribution is 6.30. The third-order valence-electron chi connectivity index (χ3n) is 5.92. The van der Waals surface area contributed by atoms with Gasteiger partial charge in [0.05, 0.1) is 12.3 Å². The van der Waals surface area contributed by atoms with E-state index in [1.807, 2.05) is 24.3 Å². The molecule has 0 radical (unpaired) electrons. The average Bonchev–Trinajstić information content (AvgIpc) is 3.02. The van der Waals surface area contributed by atoms with Crippen molar-refractivity contribution in [3.8, 4) is 0 Å². The van der Waals surface area contributed by atoms with E-state index in [1.165, 1.54) is 12.5 Å². The minimum absolute atomic E-state index is 0.0144. The zero-order valence-corrected chi connectivity index (χ0v) is 16.8. The largest absolute Gasteiger partial charge is 0.293 e. The molecule has 2 aromatic carbocycles. The second-order valence-corrected chi connectivity index (χ2v) is 8.29. The number of carbonyl (C=O) groups is 1. The van der Waals surface area contributed by atoms with Crippen LogP contribution in [0, 0.1) is 12.7 Å². The Morgan fingerprint density at radius 2 is 1.86 bits per heavy atom. The van der Waals surface area contributed by atoms with Crippen LogP contribution < -0.4 is 0 Å². The molecule has 146 valence electrons. The summed E-state index contributed by atoms with van der Waals surface area (Å²) in [6, 6.07) is 12.3. The summed E-state index contributed by atoms with van der Waals surface area (Å²) in [4.78, 5) is 20.3. The molecule has 1 aliphatic heterocycles. The topological polar surface area (TPSA) is 32.7 Å². The van der Waals surface area contributed by atoms with Gasteiger partial charge >= 0.3 is 0 Å². The summed E-state index contributed by atoms with van der Waals surface area (Å²) in [6.45, 7) is 2.63. The van der Waals surface area contributed by atoms with Crippen LogP contribution in [0.15, 0.2) is 47.5 Å². The molecule has 0 aromatic heterocycles. The molecule has 2 aliphatic rings. The SMILES string of the molecule is Cc1cc(C(=O)CN2CC(c3ccc(Cl)cc3)=NC23CCCCC3)ccc1F. The Morgan fingerprint density at radius 3 is 2.54 bits per heavy atom. The Bertz CT molecular complexity index is 917. The van der Waals surface area contributed by atoms with Gasteiger partial charge in [-0.25, -0.2) is 4.39 Å². The van der Waals surface area contributed by atoms with Gasteiger partial charge in [0, 0.05) is 17.1 Å². The number of carbonyl (C=O) groups excluding carboxylic acids is 1. The van der Waals surface area contributed by atoms with Crippen LogP contribution >= 0.6 is 11.6 Å². The van der Waals surface area contributed by atoms with Crippen LogP contribution in [-0.2, 0) is 0 Å². The maximum absolute atomic E-state index is 13.6. The van der Waals surface area contributed by atoms with E-state index in [0.29, 0.717) is 29.2 Å². The summed E-state index contributed by atoms with van der Waals surface area (Å²) < 4.78 is 13.6. The number of nitrogens with zero attached hydrogens (tertiary/aromatic N) is 2. The van der Waals surface area contributed by atoms with Crippen LogP contribution in [0.2, 0.25) is 5.02 Å². The Morgan fingerprint density at radius 1 is 1.14 bits per heavy atom. The molecule has 2 aromatic rings. The van der Waals surface area contributed by atoms with Crippen molar-refractivity contribution in [1.29, 1.82) is 0 Å². The van der Waals surface area contributed by atoms with Gasteiger partial charge < -0.3 is 0 Å². The lowest BCUT2D eigenvalue weighted by Gasteiger charge is -2.39. The Kier molecular flexibility index (Phi) is 5.35. The number of halogens is 2. The lowest BCUT2D eigenvalue weighted by molar-refractivity contribution is 0.0689. The van der Waals surface area contributed by atoms with E-state index in [-0.39, 0.29) is 17.3 Å². The third-order valence-corrected chi connectivity index (χ3v) is 6.17. The summed E-state index contributed by atoms with van der Waals surface area (Å²) >= 11 is 6.03. The molecule has 1 spiro atoms. The summed E-state index contributed by atoms with van der Waals surface area (Å²) in [6.07, 6.45) is 5.40. The van der Waals surface area contributed by atoms with Crippen molar-refractivity contribution >= 4 is 23.1 Å². The predicted octanol–water partition coefficient (Wildman–Crippen LogP) is 5.44. The molecule has 28 heavy (non-hydrogen) atoms. The lowest BCUT2D eigenvalue weighted by Crippen LogP contribution is -2.47. The van der Waals surface area contributed by atoms with Gasteiger partial charge in [-0.15, -0.1) is 0 Å². The van der Waals surface area contributed by atoms with Crippen molar-refractivity contribution in [2.45, 2.75) is 44.7 Å². The van der Waals surface area contributed by atoms with E-state index in [0.717, 1.165) is 37.0 Å². The molecule has 0 saturated heterocycles. The number of rotatable bonds is 4. The summed E-state index contributed by atoms with van der Waals surface area (Å²) in [7, 11) is 0. The molecular formula is C23H24ClFN2O. The number of hydrogen-bond donors (Lipinski definition) is 0. The molecule has 0 unspecified atom stereocenters. The number of ketones is 1. The summed E-state index contributed by atoms with van der Waals surface area (Å²) in [5.41, 5.74) is 2.84. The van der Waals surface area contributed by atoms with Gasteiger partial charge in [-0.3, -0.25) is 14.7 Å². The minimum Gasteiger partial charge on any atom is -0.293 e. The van der Waals surface area contributed by atoms with Crippen molar-refractivity contribution in [3.05, 3.63) is 70.0 Å². The maximum atomic E-state index is 13.6. The fraction of sp³-hybridized carbons (Fsp3) is 0.391. The Labute approximate surface area is 170 Å². The van der Waals surface area contributed by atoms with Gasteiger partial charge in [0.15, 0.2) is 5.78 Å². The van der Waals surface area contributed by atoms with Gasteiger partial charge in [-0.05, 0) is 74.1 Å². The zero-order chi connectivity index (χ0) is 19.7. The second kappa shape index (κ2) is 7.76. The standard InChI is InChI=1S/C23H24ClFN2O/c1-16-13-18(7-10-20(16)25)22(28)15-27-14-21(17-5-8-19(24)9-6-17)26-23(27)11-3-2-4-12-23/h5-10,13H,2-4,11-12,14-15H2,1H3. The lowest BCUT2D eigenvalue weighted by atomic mass is 9.88. The number of benzene rings is 2. The van der Waals surface area contributed by atoms with Gasteiger partial charge in [-0.1, -0.05) is 30.2 Å². The van der Waals surface area contributed by atoms with E-state index in [4.69, 9.17) is 16.6 Å². The first-order valence-corrected chi connectivity index (χ1v) is 10.2. The highest BCUT2D eigenvalue weighted by Crippen LogP contribution is 2.39. The molecule has 4 rings (SSSR count). The molecule has 1 saturated carbocycles. The average molecular weight is 399 g/mol. The van der Waals surface area contributed by atoms with Crippen molar-refractivity contribution < 1.29 is 9.18 Å². The van der Waals surface area contributed by atoms with E-state index in [9.17, 15) is 9.18 Å². The van der Waals surface area contributed by atoms with Gasteiger partial charge in [0.1, 0.15) is 11.5 Å². The molecule has 1 aliphatic carbocycles. The summed E-state index contributed by atoms with van der Waals surface area (Å²) in [5.74, 6) is -0.268. The van der Waals surface area contributed by atoms with E-state index < -0.39 is 0 Å². The molecule has 0 amide bonds. The molecule has 0 bridgehead atoms. The van der Waals surface area contributed by atoms with Gasteiger partial charge in [-0.2, -0.15) is 0 Å². The zero-order valence-electron chi connectivity index (χ0n) is 16.0. The monoisotopic (exact) mass is 398 g/mol. The molecule has 5 heteroatoms. The first-order chi connectivity index (χ1) is 13.5. The smallest absolute Gasteiger partial charge is 0.176 e. The van der Waals surface area contributed by atoms with Crippen LogP contribution in [0.4, 0.5) is 4.39 Å². The first-order valence-electron chi connectivity index (χ1n) is 9.86. The molecule has 1 fully saturated rings. The predicted molar refractivity (Wildman–Crippen MR) is 111 cm³/mol. The molecule has 3 nitrogen and oxygen atoms in total. The fourth-order valence-corrected chi connectivity index (χ4v) is 4.44.